The van der Waals surface area contributed by atoms with Crippen LogP contribution in [-0.4, -0.2) is 27.6 Å². The Morgan fingerprint density at radius 2 is 1.86 bits per heavy atom. The Bertz CT molecular complexity index is 557. The Morgan fingerprint density at radius 1 is 1.19 bits per heavy atom. The summed E-state index contributed by atoms with van der Waals surface area (Å²) >= 11 is 3.43. The normalized spacial score (nSPS) is 25.6. The van der Waals surface area contributed by atoms with Crippen molar-refractivity contribution in [3.8, 4) is 0 Å². The van der Waals surface area contributed by atoms with Crippen LogP contribution >= 0.6 is 15.9 Å². The number of carboxylic acid groups (broad SMARTS) is 1. The van der Waals surface area contributed by atoms with Gasteiger partial charge in [0.1, 0.15) is 5.69 Å². The molecule has 1 aromatic rings. The molecule has 0 unspecified atom stereocenters. The van der Waals surface area contributed by atoms with Gasteiger partial charge in [0, 0.05) is 22.8 Å². The highest BCUT2D eigenvalue weighted by atomic mass is 79.9. The Hall–Kier alpha value is -1.30. The zero-order valence-electron chi connectivity index (χ0n) is 11.7. The number of rotatable bonds is 4. The minimum Gasteiger partial charge on any atom is -0.481 e. The van der Waals surface area contributed by atoms with Gasteiger partial charge in [0.25, 0.3) is 5.91 Å². The molecule has 0 radical (unpaired) electrons. The molecule has 1 amide bonds. The van der Waals surface area contributed by atoms with Crippen molar-refractivity contribution >= 4 is 27.8 Å². The predicted molar refractivity (Wildman–Crippen MR) is 81.3 cm³/mol. The number of aliphatic carboxylic acids is 1. The molecule has 2 aliphatic carbocycles. The van der Waals surface area contributed by atoms with Crippen molar-refractivity contribution in [2.45, 2.75) is 50.6 Å². The Morgan fingerprint density at radius 3 is 2.43 bits per heavy atom. The van der Waals surface area contributed by atoms with Crippen LogP contribution in [0.25, 0.3) is 0 Å². The van der Waals surface area contributed by atoms with Gasteiger partial charge in [-0.3, -0.25) is 9.59 Å². The van der Waals surface area contributed by atoms with Crippen molar-refractivity contribution in [3.05, 3.63) is 22.4 Å². The molecule has 5 nitrogen and oxygen atoms in total. The molecule has 0 bridgehead atoms. The molecule has 1 heterocycles. The largest absolute Gasteiger partial charge is 0.481 e. The van der Waals surface area contributed by atoms with Crippen LogP contribution in [0.4, 0.5) is 0 Å². The SMILES string of the molecule is O=C(NC1CCC(C(=O)O)CC1)c1cc(Br)cn1C1CC1. The molecule has 0 spiro atoms. The smallest absolute Gasteiger partial charge is 0.306 e. The standard InChI is InChI=1S/C15H19BrN2O3/c16-10-7-13(18(8-10)12-5-6-12)14(19)17-11-3-1-9(2-4-11)15(20)21/h7-9,11-12H,1-6H2,(H,17,19)(H,20,21). The first-order chi connectivity index (χ1) is 10.0. The monoisotopic (exact) mass is 354 g/mol. The summed E-state index contributed by atoms with van der Waals surface area (Å²) < 4.78 is 2.97. The van der Waals surface area contributed by atoms with Crippen LogP contribution in [0.15, 0.2) is 16.7 Å². The molecule has 6 heteroatoms. The molecular weight excluding hydrogens is 336 g/mol. The van der Waals surface area contributed by atoms with E-state index >= 15 is 0 Å². The Kier molecular flexibility index (Phi) is 4.06. The highest BCUT2D eigenvalue weighted by Gasteiger charge is 2.30. The minimum absolute atomic E-state index is 0.0497. The summed E-state index contributed by atoms with van der Waals surface area (Å²) in [4.78, 5) is 23.4. The maximum atomic E-state index is 12.4. The number of nitrogens with one attached hydrogen (secondary N) is 1. The van der Waals surface area contributed by atoms with Crippen LogP contribution in [0.5, 0.6) is 0 Å². The molecule has 21 heavy (non-hydrogen) atoms. The first kappa shape index (κ1) is 14.6. The lowest BCUT2D eigenvalue weighted by Crippen LogP contribution is -2.39. The average Bonchev–Trinajstić information content (AvgIpc) is 3.22. The lowest BCUT2D eigenvalue weighted by Gasteiger charge is -2.27. The van der Waals surface area contributed by atoms with E-state index in [0.29, 0.717) is 24.6 Å². The van der Waals surface area contributed by atoms with E-state index in [4.69, 9.17) is 5.11 Å². The molecular formula is C15H19BrN2O3. The van der Waals surface area contributed by atoms with E-state index in [2.05, 4.69) is 21.2 Å². The number of hydrogen-bond donors (Lipinski definition) is 2. The van der Waals surface area contributed by atoms with Crippen LogP contribution in [0.1, 0.15) is 55.1 Å². The topological polar surface area (TPSA) is 71.3 Å². The van der Waals surface area contributed by atoms with Crippen molar-refractivity contribution in [1.82, 2.24) is 9.88 Å². The highest BCUT2D eigenvalue weighted by molar-refractivity contribution is 9.10. The molecule has 2 aliphatic rings. The molecule has 1 aromatic heterocycles. The minimum atomic E-state index is -0.716. The van der Waals surface area contributed by atoms with Crippen LogP contribution in [0.2, 0.25) is 0 Å². The summed E-state index contributed by atoms with van der Waals surface area (Å²) in [5.41, 5.74) is 0.699. The molecule has 3 rings (SSSR count). The second-order valence-corrected chi connectivity index (χ2v) is 6.96. The Labute approximate surface area is 131 Å². The lowest BCUT2D eigenvalue weighted by molar-refractivity contribution is -0.142. The maximum absolute atomic E-state index is 12.4. The van der Waals surface area contributed by atoms with Crippen molar-refractivity contribution < 1.29 is 14.7 Å². The summed E-state index contributed by atoms with van der Waals surface area (Å²) in [5, 5.41) is 12.1. The van der Waals surface area contributed by atoms with Crippen LogP contribution in [0, 0.1) is 5.92 Å². The molecule has 0 saturated heterocycles. The maximum Gasteiger partial charge on any atom is 0.306 e. The van der Waals surface area contributed by atoms with E-state index in [-0.39, 0.29) is 17.9 Å². The van der Waals surface area contributed by atoms with Crippen molar-refractivity contribution in [3.63, 3.8) is 0 Å². The van der Waals surface area contributed by atoms with Gasteiger partial charge in [-0.15, -0.1) is 0 Å². The second-order valence-electron chi connectivity index (χ2n) is 6.04. The number of carbonyl (C=O) groups is 2. The summed E-state index contributed by atoms with van der Waals surface area (Å²) in [6, 6.07) is 2.41. The molecule has 2 N–H and O–H groups in total. The van der Waals surface area contributed by atoms with Crippen molar-refractivity contribution in [1.29, 1.82) is 0 Å². The quantitative estimate of drug-likeness (QED) is 0.872. The number of aromatic nitrogens is 1. The number of carbonyl (C=O) groups excluding carboxylic acids is 1. The highest BCUT2D eigenvalue weighted by Crippen LogP contribution is 2.37. The molecule has 114 valence electrons. The third-order valence-corrected chi connectivity index (χ3v) is 4.83. The van der Waals surface area contributed by atoms with Gasteiger partial charge < -0.3 is 15.0 Å². The Balaban J connectivity index is 1.61. The van der Waals surface area contributed by atoms with Crippen molar-refractivity contribution in [2.24, 2.45) is 5.92 Å². The van der Waals surface area contributed by atoms with Crippen LogP contribution in [-0.2, 0) is 4.79 Å². The fraction of sp³-hybridized carbons (Fsp3) is 0.600. The van der Waals surface area contributed by atoms with Crippen LogP contribution in [0.3, 0.4) is 0 Å². The first-order valence-electron chi connectivity index (χ1n) is 7.45. The van der Waals surface area contributed by atoms with E-state index in [9.17, 15) is 9.59 Å². The zero-order valence-corrected chi connectivity index (χ0v) is 13.3. The van der Waals surface area contributed by atoms with Gasteiger partial charge in [-0.05, 0) is 60.5 Å². The van der Waals surface area contributed by atoms with E-state index in [0.717, 1.165) is 30.2 Å². The predicted octanol–water partition coefficient (Wildman–Crippen LogP) is 2.96. The number of halogens is 1. The lowest BCUT2D eigenvalue weighted by atomic mass is 9.86. The van der Waals surface area contributed by atoms with Gasteiger partial charge in [0.05, 0.1) is 5.92 Å². The zero-order chi connectivity index (χ0) is 15.0. The fourth-order valence-corrected chi connectivity index (χ4v) is 3.46. The summed E-state index contributed by atoms with van der Waals surface area (Å²) in [6.07, 6.45) is 7.01. The summed E-state index contributed by atoms with van der Waals surface area (Å²) in [6.45, 7) is 0. The van der Waals surface area contributed by atoms with Crippen LogP contribution < -0.4 is 5.32 Å². The molecule has 0 aromatic carbocycles. The van der Waals surface area contributed by atoms with Crippen molar-refractivity contribution in [2.75, 3.05) is 0 Å². The molecule has 0 aliphatic heterocycles. The van der Waals surface area contributed by atoms with Gasteiger partial charge in [0.2, 0.25) is 0 Å². The number of carboxylic acids is 1. The average molecular weight is 355 g/mol. The molecule has 0 atom stereocenters. The number of hydrogen-bond acceptors (Lipinski definition) is 2. The first-order valence-corrected chi connectivity index (χ1v) is 8.25. The van der Waals surface area contributed by atoms with Gasteiger partial charge in [-0.1, -0.05) is 0 Å². The van der Waals surface area contributed by atoms with Gasteiger partial charge in [-0.25, -0.2) is 0 Å². The van der Waals surface area contributed by atoms with Gasteiger partial charge in [0.15, 0.2) is 0 Å². The fourth-order valence-electron chi connectivity index (χ4n) is 3.03. The van der Waals surface area contributed by atoms with Gasteiger partial charge in [-0.2, -0.15) is 0 Å². The third-order valence-electron chi connectivity index (χ3n) is 4.40. The summed E-state index contributed by atoms with van der Waals surface area (Å²) in [5.74, 6) is -1.01. The van der Waals surface area contributed by atoms with E-state index < -0.39 is 5.97 Å². The third kappa shape index (κ3) is 3.31. The second kappa shape index (κ2) is 5.83. The molecule has 2 fully saturated rings. The van der Waals surface area contributed by atoms with E-state index in [1.54, 1.807) is 0 Å². The number of nitrogens with zero attached hydrogens (tertiary/aromatic N) is 1. The summed E-state index contributed by atoms with van der Waals surface area (Å²) in [7, 11) is 0. The van der Waals surface area contributed by atoms with E-state index in [1.165, 1.54) is 0 Å². The molecule has 2 saturated carbocycles. The number of amides is 1. The van der Waals surface area contributed by atoms with E-state index in [1.807, 2.05) is 16.8 Å². The van der Waals surface area contributed by atoms with Gasteiger partial charge >= 0.3 is 5.97 Å².